The number of carbonyl (C=O) groups excluding carboxylic acids is 1. The van der Waals surface area contributed by atoms with Crippen molar-refractivity contribution in [1.82, 2.24) is 4.90 Å². The average molecular weight is 453 g/mol. The van der Waals surface area contributed by atoms with Gasteiger partial charge in [0.2, 0.25) is 0 Å². The minimum Gasteiger partial charge on any atom is -0.497 e. The second-order valence-corrected chi connectivity index (χ2v) is 7.87. The summed E-state index contributed by atoms with van der Waals surface area (Å²) in [5, 5.41) is 0.564. The molecule has 0 N–H and O–H groups in total. The van der Waals surface area contributed by atoms with Crippen LogP contribution in [0.15, 0.2) is 75.0 Å². The molecule has 2 aromatic carbocycles. The lowest BCUT2D eigenvalue weighted by atomic mass is 10.2. The van der Waals surface area contributed by atoms with Gasteiger partial charge >= 0.3 is 0 Å². The molecule has 1 aliphatic heterocycles. The molecule has 2 heterocycles. The Hall–Kier alpha value is -3.36. The van der Waals surface area contributed by atoms with E-state index < -0.39 is 0 Å². The van der Waals surface area contributed by atoms with Crippen LogP contribution >= 0.6 is 11.8 Å². The quantitative estimate of drug-likeness (QED) is 0.453. The van der Waals surface area contributed by atoms with Gasteiger partial charge in [-0.1, -0.05) is 0 Å². The van der Waals surface area contributed by atoms with E-state index in [1.165, 1.54) is 23.9 Å². The molecular formula is C24H21FN2O4S. The first-order valence-electron chi connectivity index (χ1n) is 9.86. The van der Waals surface area contributed by atoms with Crippen LogP contribution in [0.5, 0.6) is 5.75 Å². The van der Waals surface area contributed by atoms with Gasteiger partial charge < -0.3 is 13.9 Å². The van der Waals surface area contributed by atoms with Crippen molar-refractivity contribution in [3.63, 3.8) is 0 Å². The smallest absolute Gasteiger partial charge is 0.266 e. The molecule has 0 radical (unpaired) electrons. The minimum absolute atomic E-state index is 0.168. The first-order valence-corrected chi connectivity index (χ1v) is 10.7. The Kier molecular flexibility index (Phi) is 6.72. The molecule has 0 spiro atoms. The standard InChI is InChI=1S/C24H21FN2O4S/c1-29-14-13-27-23(28)22(32-24(27)26-18-7-9-19(30-2)10-8-18)15-20-11-12-21(31-20)16-3-5-17(25)6-4-16/h3-12,15H,13-14H2,1-2H3/b22-15-,26-24?. The van der Waals surface area contributed by atoms with Crippen LogP contribution in [0.1, 0.15) is 5.76 Å². The molecule has 0 bridgehead atoms. The van der Waals surface area contributed by atoms with E-state index in [-0.39, 0.29) is 11.7 Å². The first kappa shape index (κ1) is 21.9. The zero-order valence-electron chi connectivity index (χ0n) is 17.6. The summed E-state index contributed by atoms with van der Waals surface area (Å²) in [5.74, 6) is 1.37. The lowest BCUT2D eigenvalue weighted by Gasteiger charge is -2.14. The van der Waals surface area contributed by atoms with Gasteiger partial charge in [0.25, 0.3) is 5.91 Å². The van der Waals surface area contributed by atoms with Gasteiger partial charge in [0.1, 0.15) is 23.1 Å². The number of hydrogen-bond acceptors (Lipinski definition) is 6. The van der Waals surface area contributed by atoms with Crippen molar-refractivity contribution in [3.8, 4) is 17.1 Å². The summed E-state index contributed by atoms with van der Waals surface area (Å²) in [6.45, 7) is 0.768. The van der Waals surface area contributed by atoms with E-state index in [0.29, 0.717) is 40.4 Å². The normalized spacial score (nSPS) is 16.3. The van der Waals surface area contributed by atoms with E-state index >= 15 is 0 Å². The van der Waals surface area contributed by atoms with Crippen molar-refractivity contribution >= 4 is 34.6 Å². The van der Waals surface area contributed by atoms with Crippen LogP contribution in [0.3, 0.4) is 0 Å². The van der Waals surface area contributed by atoms with Gasteiger partial charge in [-0.15, -0.1) is 0 Å². The number of amides is 1. The predicted molar refractivity (Wildman–Crippen MR) is 123 cm³/mol. The number of methoxy groups -OCH3 is 2. The average Bonchev–Trinajstić information content (AvgIpc) is 3.38. The van der Waals surface area contributed by atoms with E-state index in [0.717, 1.165) is 11.3 Å². The van der Waals surface area contributed by atoms with E-state index in [9.17, 15) is 9.18 Å². The molecule has 8 heteroatoms. The SMILES string of the molecule is COCCN1C(=O)/C(=C/c2ccc(-c3ccc(F)cc3)o2)SC1=Nc1ccc(OC)cc1. The fraction of sp³-hybridized carbons (Fsp3) is 0.167. The van der Waals surface area contributed by atoms with Crippen LogP contribution in [0.2, 0.25) is 0 Å². The first-order chi connectivity index (χ1) is 15.6. The van der Waals surface area contributed by atoms with Gasteiger partial charge in [0.15, 0.2) is 5.17 Å². The van der Waals surface area contributed by atoms with Crippen molar-refractivity contribution < 1.29 is 23.1 Å². The van der Waals surface area contributed by atoms with Gasteiger partial charge in [0.05, 0.1) is 30.9 Å². The molecule has 1 aromatic heterocycles. The third kappa shape index (κ3) is 4.92. The molecular weight excluding hydrogens is 431 g/mol. The predicted octanol–water partition coefficient (Wildman–Crippen LogP) is 5.34. The number of nitrogens with zero attached hydrogens (tertiary/aromatic N) is 2. The van der Waals surface area contributed by atoms with Crippen molar-refractivity contribution in [2.24, 2.45) is 4.99 Å². The highest BCUT2D eigenvalue weighted by Gasteiger charge is 2.33. The Bertz CT molecular complexity index is 1150. The Labute approximate surface area is 189 Å². The maximum absolute atomic E-state index is 13.2. The Morgan fingerprint density at radius 3 is 2.50 bits per heavy atom. The van der Waals surface area contributed by atoms with E-state index in [1.807, 2.05) is 24.3 Å². The molecule has 0 aliphatic carbocycles. The number of hydrogen-bond donors (Lipinski definition) is 0. The molecule has 0 saturated carbocycles. The van der Waals surface area contributed by atoms with Gasteiger partial charge in [-0.25, -0.2) is 9.38 Å². The van der Waals surface area contributed by atoms with Crippen LogP contribution in [0.4, 0.5) is 10.1 Å². The van der Waals surface area contributed by atoms with Crippen molar-refractivity contribution in [2.45, 2.75) is 0 Å². The van der Waals surface area contributed by atoms with Crippen LogP contribution in [-0.4, -0.2) is 43.3 Å². The molecule has 0 unspecified atom stereocenters. The number of rotatable bonds is 7. The second kappa shape index (κ2) is 9.84. The lowest BCUT2D eigenvalue weighted by Crippen LogP contribution is -2.32. The fourth-order valence-corrected chi connectivity index (χ4v) is 4.07. The topological polar surface area (TPSA) is 64.3 Å². The summed E-state index contributed by atoms with van der Waals surface area (Å²) in [6, 6.07) is 16.9. The summed E-state index contributed by atoms with van der Waals surface area (Å²) in [6.07, 6.45) is 1.69. The molecule has 1 aliphatic rings. The molecule has 0 atom stereocenters. The Morgan fingerprint density at radius 2 is 1.81 bits per heavy atom. The van der Waals surface area contributed by atoms with Crippen molar-refractivity contribution in [2.75, 3.05) is 27.4 Å². The number of carbonyl (C=O) groups is 1. The molecule has 164 valence electrons. The Morgan fingerprint density at radius 1 is 1.06 bits per heavy atom. The van der Waals surface area contributed by atoms with Crippen molar-refractivity contribution in [3.05, 3.63) is 77.1 Å². The third-order valence-corrected chi connectivity index (χ3v) is 5.74. The molecule has 4 rings (SSSR count). The zero-order valence-corrected chi connectivity index (χ0v) is 18.4. The van der Waals surface area contributed by atoms with Gasteiger partial charge in [-0.2, -0.15) is 0 Å². The number of furan rings is 1. The highest BCUT2D eigenvalue weighted by Crippen LogP contribution is 2.35. The zero-order chi connectivity index (χ0) is 22.5. The lowest BCUT2D eigenvalue weighted by molar-refractivity contribution is -0.122. The van der Waals surface area contributed by atoms with E-state index in [1.54, 1.807) is 49.5 Å². The number of ether oxygens (including phenoxy) is 2. The number of halogens is 1. The van der Waals surface area contributed by atoms with Gasteiger partial charge in [0, 0.05) is 18.7 Å². The fourth-order valence-electron chi connectivity index (χ4n) is 3.07. The number of thioether (sulfide) groups is 1. The van der Waals surface area contributed by atoms with Crippen LogP contribution < -0.4 is 4.74 Å². The van der Waals surface area contributed by atoms with Crippen LogP contribution in [-0.2, 0) is 9.53 Å². The summed E-state index contributed by atoms with van der Waals surface area (Å²) in [4.78, 5) is 19.8. The largest absolute Gasteiger partial charge is 0.497 e. The number of amidine groups is 1. The monoisotopic (exact) mass is 452 g/mol. The summed E-state index contributed by atoms with van der Waals surface area (Å²) < 4.78 is 29.4. The second-order valence-electron chi connectivity index (χ2n) is 6.86. The van der Waals surface area contributed by atoms with Crippen LogP contribution in [0, 0.1) is 5.82 Å². The summed E-state index contributed by atoms with van der Waals surface area (Å²) >= 11 is 1.28. The highest BCUT2D eigenvalue weighted by molar-refractivity contribution is 8.18. The van der Waals surface area contributed by atoms with Crippen molar-refractivity contribution in [1.29, 1.82) is 0 Å². The molecule has 3 aromatic rings. The van der Waals surface area contributed by atoms with Crippen LogP contribution in [0.25, 0.3) is 17.4 Å². The maximum Gasteiger partial charge on any atom is 0.266 e. The molecule has 1 amide bonds. The Balaban J connectivity index is 1.60. The summed E-state index contributed by atoms with van der Waals surface area (Å²) in [5.41, 5.74) is 1.46. The molecule has 1 saturated heterocycles. The van der Waals surface area contributed by atoms with Gasteiger partial charge in [-0.3, -0.25) is 9.69 Å². The number of aliphatic imine (C=N–C) groups is 1. The number of benzene rings is 2. The minimum atomic E-state index is -0.310. The van der Waals surface area contributed by atoms with Gasteiger partial charge in [-0.05, 0) is 72.4 Å². The third-order valence-electron chi connectivity index (χ3n) is 4.73. The molecule has 6 nitrogen and oxygen atoms in total. The van der Waals surface area contributed by atoms with E-state index in [4.69, 9.17) is 13.9 Å². The highest BCUT2D eigenvalue weighted by atomic mass is 32.2. The maximum atomic E-state index is 13.2. The molecule has 1 fully saturated rings. The molecule has 32 heavy (non-hydrogen) atoms. The summed E-state index contributed by atoms with van der Waals surface area (Å²) in [7, 11) is 3.19. The van der Waals surface area contributed by atoms with E-state index in [2.05, 4.69) is 4.99 Å².